The highest BCUT2D eigenvalue weighted by Crippen LogP contribution is 2.64. The smallest absolute Gasteiger partial charge is 0.305 e. The molecule has 2 N–H and O–H groups in total. The van der Waals surface area contributed by atoms with E-state index >= 15 is 0 Å². The quantitative estimate of drug-likeness (QED) is 0.353. The molecule has 3 fully saturated rings. The Hall–Kier alpha value is -3.57. The van der Waals surface area contributed by atoms with Crippen LogP contribution in [0.5, 0.6) is 5.75 Å². The van der Waals surface area contributed by atoms with Crippen molar-refractivity contribution in [2.45, 2.75) is 32.1 Å². The molecule has 2 heterocycles. The normalized spacial score (nSPS) is 30.3. The molecule has 6 atom stereocenters. The van der Waals surface area contributed by atoms with Crippen LogP contribution in [0.4, 0.5) is 10.1 Å². The number of phenols is 1. The van der Waals surface area contributed by atoms with Gasteiger partial charge in [0.25, 0.3) is 0 Å². The predicted molar refractivity (Wildman–Crippen MR) is 151 cm³/mol. The first-order valence-corrected chi connectivity index (χ1v) is 14.6. The van der Waals surface area contributed by atoms with Crippen molar-refractivity contribution in [1.29, 1.82) is 0 Å². The Morgan fingerprint density at radius 3 is 2.52 bits per heavy atom. The van der Waals surface area contributed by atoms with Gasteiger partial charge < -0.3 is 10.2 Å². The second kappa shape index (κ2) is 10.0. The lowest BCUT2D eigenvalue weighted by Crippen LogP contribution is -2.49. The van der Waals surface area contributed by atoms with Crippen molar-refractivity contribution in [2.75, 3.05) is 11.4 Å². The van der Waals surface area contributed by atoms with Gasteiger partial charge >= 0.3 is 5.97 Å². The van der Waals surface area contributed by atoms with E-state index in [0.717, 1.165) is 15.9 Å². The van der Waals surface area contributed by atoms with Crippen molar-refractivity contribution < 1.29 is 38.6 Å². The predicted octanol–water partition coefficient (Wildman–Crippen LogP) is 4.65. The summed E-state index contributed by atoms with van der Waals surface area (Å²) in [7, 11) is 0. The first-order valence-electron chi connectivity index (χ1n) is 13.4. The average Bonchev–Trinajstić information content (AvgIpc) is 3.30. The minimum Gasteiger partial charge on any atom is -0.508 e. The largest absolute Gasteiger partial charge is 0.508 e. The van der Waals surface area contributed by atoms with Crippen molar-refractivity contribution in [1.82, 2.24) is 4.90 Å². The van der Waals surface area contributed by atoms with Gasteiger partial charge in [-0.05, 0) is 62.1 Å². The van der Waals surface area contributed by atoms with Crippen LogP contribution in [0.25, 0.3) is 0 Å². The van der Waals surface area contributed by atoms with Gasteiger partial charge in [-0.25, -0.2) is 9.29 Å². The van der Waals surface area contributed by atoms with Gasteiger partial charge in [-0.15, -0.1) is 0 Å². The van der Waals surface area contributed by atoms with Crippen LogP contribution < -0.4 is 4.90 Å². The number of amides is 4. The molecule has 2 aromatic rings. The summed E-state index contributed by atoms with van der Waals surface area (Å²) in [5.74, 6) is -7.98. The van der Waals surface area contributed by atoms with E-state index in [1.165, 1.54) is 18.2 Å². The average molecular weight is 660 g/mol. The van der Waals surface area contributed by atoms with E-state index in [1.807, 2.05) is 6.08 Å². The molecule has 2 saturated heterocycles. The van der Waals surface area contributed by atoms with Gasteiger partial charge in [-0.2, -0.15) is 0 Å². The highest BCUT2D eigenvalue weighted by Gasteiger charge is 2.67. The van der Waals surface area contributed by atoms with Crippen molar-refractivity contribution >= 4 is 62.8 Å². The number of likely N-dealkylation sites (tertiary alicyclic amines) is 1. The van der Waals surface area contributed by atoms with Crippen molar-refractivity contribution in [2.24, 2.45) is 29.1 Å². The number of aliphatic carboxylic acids is 1. The third-order valence-electron chi connectivity index (χ3n) is 9.38. The monoisotopic (exact) mass is 658 g/mol. The maximum absolute atomic E-state index is 14.3. The molecule has 2 aliphatic heterocycles. The molecule has 2 aromatic carbocycles. The Bertz CT molecular complexity index is 1630. The summed E-state index contributed by atoms with van der Waals surface area (Å²) in [6.45, 7) is 1.41. The van der Waals surface area contributed by atoms with Gasteiger partial charge in [0.15, 0.2) is 0 Å². The number of imide groups is 2. The van der Waals surface area contributed by atoms with E-state index in [0.29, 0.717) is 15.6 Å². The maximum atomic E-state index is 14.3. The summed E-state index contributed by atoms with van der Waals surface area (Å²) in [6, 6.07) is 8.36. The zero-order chi connectivity index (χ0) is 30.2. The van der Waals surface area contributed by atoms with Gasteiger partial charge in [0.05, 0.1) is 40.3 Å². The number of rotatable bonds is 5. The summed E-state index contributed by atoms with van der Waals surface area (Å²) < 4.78 is 14.6. The van der Waals surface area contributed by atoms with E-state index in [9.17, 15) is 33.5 Å². The number of hydrogen-bond donors (Lipinski definition) is 2. The molecule has 2 aliphatic carbocycles. The molecule has 0 spiro atoms. The summed E-state index contributed by atoms with van der Waals surface area (Å²) in [4.78, 5) is 68.5. The molecule has 6 unspecified atom stereocenters. The van der Waals surface area contributed by atoms with Gasteiger partial charge in [-0.1, -0.05) is 39.2 Å². The number of carbonyl (C=O) groups is 5. The van der Waals surface area contributed by atoms with E-state index in [1.54, 1.807) is 19.1 Å². The lowest BCUT2D eigenvalue weighted by molar-refractivity contribution is -0.142. The third-order valence-corrected chi connectivity index (χ3v) is 10.2. The van der Waals surface area contributed by atoms with Crippen LogP contribution in [0, 0.1) is 34.9 Å². The van der Waals surface area contributed by atoms with Crippen molar-refractivity contribution in [3.63, 3.8) is 0 Å². The lowest BCUT2D eigenvalue weighted by atomic mass is 9.51. The zero-order valence-corrected chi connectivity index (χ0v) is 24.6. The van der Waals surface area contributed by atoms with Crippen LogP contribution in [0.15, 0.2) is 52.5 Å². The molecule has 6 rings (SSSR count). The molecule has 0 radical (unpaired) electrons. The fourth-order valence-electron chi connectivity index (χ4n) is 7.48. The number of allylic oxidation sites excluding steroid dienone is 2. The number of benzene rings is 2. The number of aromatic hydroxyl groups is 1. The Labute approximate surface area is 253 Å². The van der Waals surface area contributed by atoms with E-state index < -0.39 is 70.4 Å². The molecule has 4 aliphatic rings. The Morgan fingerprint density at radius 1 is 1.10 bits per heavy atom. The summed E-state index contributed by atoms with van der Waals surface area (Å²) >= 11 is 9.44. The molecule has 12 heteroatoms. The summed E-state index contributed by atoms with van der Waals surface area (Å²) in [6.07, 6.45) is 1.71. The van der Waals surface area contributed by atoms with Gasteiger partial charge in [0, 0.05) is 22.5 Å². The highest BCUT2D eigenvalue weighted by atomic mass is 79.9. The number of carboxylic acid groups (broad SMARTS) is 1. The van der Waals surface area contributed by atoms with Gasteiger partial charge in [0.2, 0.25) is 23.6 Å². The molecule has 9 nitrogen and oxygen atoms in total. The third kappa shape index (κ3) is 4.04. The molecule has 1 saturated carbocycles. The molecular formula is C30H25BrClFN2O7. The standard InChI is InChI=1S/C30H25BrClFN2O7/c1-30-19(27(40)35(29(30)42)14-3-6-21(33)20(32)11-14)12-17-15(25(30)18-10-13(31)2-7-22(18)36)4-5-16-24(17)28(41)34(26(16)39)9-8-23(37)38/h2-4,6-7,10-11,16-17,19,24-25,36H,5,8-9,12H2,1H3,(H,37,38). The maximum Gasteiger partial charge on any atom is 0.305 e. The zero-order valence-electron chi connectivity index (χ0n) is 22.2. The Kier molecular flexibility index (Phi) is 6.81. The molecule has 0 aromatic heterocycles. The second-order valence-electron chi connectivity index (χ2n) is 11.4. The fourth-order valence-corrected chi connectivity index (χ4v) is 8.03. The molecule has 4 amide bonds. The van der Waals surface area contributed by atoms with Crippen LogP contribution in [0.1, 0.15) is 37.7 Å². The molecule has 0 bridgehead atoms. The number of halogens is 3. The molecular weight excluding hydrogens is 635 g/mol. The lowest BCUT2D eigenvalue weighted by Gasteiger charge is -2.49. The van der Waals surface area contributed by atoms with Gasteiger partial charge in [0.1, 0.15) is 11.6 Å². The van der Waals surface area contributed by atoms with E-state index in [2.05, 4.69) is 15.9 Å². The number of anilines is 1. The SMILES string of the molecule is CC12C(=O)N(c3ccc(F)c(Cl)c3)C(=O)C1CC1C(=CCC3C(=O)N(CCC(=O)O)C(=O)C31)C2c1cc(Br)ccc1O. The van der Waals surface area contributed by atoms with Crippen LogP contribution >= 0.6 is 27.5 Å². The number of hydrogen-bond acceptors (Lipinski definition) is 6. The van der Waals surface area contributed by atoms with Crippen LogP contribution in [-0.4, -0.2) is 51.3 Å². The van der Waals surface area contributed by atoms with Crippen LogP contribution in [-0.2, 0) is 24.0 Å². The van der Waals surface area contributed by atoms with E-state index in [4.69, 9.17) is 16.7 Å². The first kappa shape index (κ1) is 28.5. The van der Waals surface area contributed by atoms with Crippen molar-refractivity contribution in [3.8, 4) is 5.75 Å². The summed E-state index contributed by atoms with van der Waals surface area (Å²) in [5, 5.41) is 19.9. The number of carboxylic acids is 1. The Morgan fingerprint density at radius 2 is 1.83 bits per heavy atom. The molecule has 42 heavy (non-hydrogen) atoms. The van der Waals surface area contributed by atoms with E-state index in [-0.39, 0.29) is 42.3 Å². The minimum absolute atomic E-state index is 0.0799. The van der Waals surface area contributed by atoms with Crippen LogP contribution in [0.3, 0.4) is 0 Å². The number of phenolic OH excluding ortho intramolecular Hbond substituents is 1. The highest BCUT2D eigenvalue weighted by molar-refractivity contribution is 9.10. The van der Waals surface area contributed by atoms with Gasteiger partial charge in [-0.3, -0.25) is 28.9 Å². The molecule has 218 valence electrons. The Balaban J connectivity index is 1.50. The number of fused-ring (bicyclic) bond motifs is 4. The fraction of sp³-hybridized carbons (Fsp3) is 0.367. The topological polar surface area (TPSA) is 132 Å². The second-order valence-corrected chi connectivity index (χ2v) is 12.8. The minimum atomic E-state index is -1.40. The number of carbonyl (C=O) groups excluding carboxylic acids is 4. The number of nitrogens with zero attached hydrogens (tertiary/aromatic N) is 2. The first-order chi connectivity index (χ1) is 19.9. The summed E-state index contributed by atoms with van der Waals surface area (Å²) in [5.41, 5.74) is -0.248. The van der Waals surface area contributed by atoms with Crippen LogP contribution in [0.2, 0.25) is 5.02 Å². The van der Waals surface area contributed by atoms with Crippen molar-refractivity contribution in [3.05, 3.63) is 68.9 Å².